The molecule has 0 bridgehead atoms. The number of urea groups is 1. The normalized spacial score (nSPS) is 17.0. The van der Waals surface area contributed by atoms with Crippen LogP contribution in [0.1, 0.15) is 40.5 Å². The molecule has 1 aliphatic rings. The third kappa shape index (κ3) is 5.29. The Morgan fingerprint density at radius 2 is 1.75 bits per heavy atom. The monoisotopic (exact) mass is 285 g/mol. The lowest BCUT2D eigenvalue weighted by Crippen LogP contribution is -2.56. The summed E-state index contributed by atoms with van der Waals surface area (Å²) in [4.78, 5) is 16.5. The van der Waals surface area contributed by atoms with E-state index in [0.29, 0.717) is 6.54 Å². The minimum absolute atomic E-state index is 0.0243. The Labute approximate surface area is 123 Å². The number of nitrogens with zero attached hydrogens (tertiary/aromatic N) is 2. The van der Waals surface area contributed by atoms with Crippen molar-refractivity contribution >= 4 is 6.03 Å². The van der Waals surface area contributed by atoms with Crippen molar-refractivity contribution in [3.63, 3.8) is 0 Å². The summed E-state index contributed by atoms with van der Waals surface area (Å²) in [7, 11) is 0. The summed E-state index contributed by atoms with van der Waals surface area (Å²) < 4.78 is 5.39. The maximum Gasteiger partial charge on any atom is 0.317 e. The predicted octanol–water partition coefficient (Wildman–Crippen LogP) is 1.93. The van der Waals surface area contributed by atoms with E-state index in [9.17, 15) is 4.79 Å². The second-order valence-electron chi connectivity index (χ2n) is 6.06. The molecule has 1 N–H and O–H groups in total. The lowest BCUT2D eigenvalue weighted by molar-refractivity contribution is -0.00904. The summed E-state index contributed by atoms with van der Waals surface area (Å²) >= 11 is 0. The quantitative estimate of drug-likeness (QED) is 0.777. The summed E-state index contributed by atoms with van der Waals surface area (Å²) in [5.74, 6) is 0. The molecule has 0 atom stereocenters. The van der Waals surface area contributed by atoms with Gasteiger partial charge in [0.2, 0.25) is 0 Å². The molecule has 20 heavy (non-hydrogen) atoms. The Kier molecular flexibility index (Phi) is 7.30. The Bertz CT molecular complexity index is 283. The SMILES string of the molecule is CCCN(CCC)C(=O)NCC(C)(C)N1CCOCC1. The molecule has 1 saturated heterocycles. The summed E-state index contributed by atoms with van der Waals surface area (Å²) in [6.45, 7) is 14.4. The molecule has 118 valence electrons. The van der Waals surface area contributed by atoms with Gasteiger partial charge in [0.15, 0.2) is 0 Å². The average Bonchev–Trinajstić information content (AvgIpc) is 2.45. The highest BCUT2D eigenvalue weighted by atomic mass is 16.5. The Morgan fingerprint density at radius 1 is 1.20 bits per heavy atom. The van der Waals surface area contributed by atoms with Gasteiger partial charge in [0, 0.05) is 38.3 Å². The van der Waals surface area contributed by atoms with Crippen LogP contribution in [0.25, 0.3) is 0 Å². The maximum absolute atomic E-state index is 12.2. The number of nitrogens with one attached hydrogen (secondary N) is 1. The van der Waals surface area contributed by atoms with Gasteiger partial charge < -0.3 is 15.0 Å². The van der Waals surface area contributed by atoms with E-state index in [1.54, 1.807) is 0 Å². The standard InChI is InChI=1S/C15H31N3O2/c1-5-7-17(8-6-2)14(19)16-13-15(3,4)18-9-11-20-12-10-18/h5-13H2,1-4H3,(H,16,19). The topological polar surface area (TPSA) is 44.8 Å². The van der Waals surface area contributed by atoms with Gasteiger partial charge in [-0.2, -0.15) is 0 Å². The van der Waals surface area contributed by atoms with Gasteiger partial charge in [-0.3, -0.25) is 4.90 Å². The van der Waals surface area contributed by atoms with Crippen molar-refractivity contribution in [2.45, 2.75) is 46.1 Å². The molecular weight excluding hydrogens is 254 g/mol. The van der Waals surface area contributed by atoms with Crippen LogP contribution in [0.4, 0.5) is 4.79 Å². The van der Waals surface area contributed by atoms with E-state index in [4.69, 9.17) is 4.74 Å². The number of hydrogen-bond donors (Lipinski definition) is 1. The molecule has 0 unspecified atom stereocenters. The van der Waals surface area contributed by atoms with Gasteiger partial charge in [0.05, 0.1) is 13.2 Å². The molecule has 0 saturated carbocycles. The van der Waals surface area contributed by atoms with Crippen LogP contribution >= 0.6 is 0 Å². The Hall–Kier alpha value is -0.810. The molecule has 5 heteroatoms. The number of carbonyl (C=O) groups is 1. The molecule has 0 aromatic carbocycles. The first-order valence-corrected chi connectivity index (χ1v) is 7.86. The molecule has 0 aromatic heterocycles. The van der Waals surface area contributed by atoms with Crippen LogP contribution < -0.4 is 5.32 Å². The van der Waals surface area contributed by atoms with Crippen LogP contribution in [0.2, 0.25) is 0 Å². The third-order valence-corrected chi connectivity index (χ3v) is 3.81. The average molecular weight is 285 g/mol. The molecule has 1 fully saturated rings. The fourth-order valence-corrected chi connectivity index (χ4v) is 2.54. The number of ether oxygens (including phenoxy) is 1. The first kappa shape index (κ1) is 17.2. The number of carbonyl (C=O) groups excluding carboxylic acids is 1. The highest BCUT2D eigenvalue weighted by Gasteiger charge is 2.29. The van der Waals surface area contributed by atoms with Crippen LogP contribution in [-0.2, 0) is 4.74 Å². The van der Waals surface area contributed by atoms with Crippen molar-refractivity contribution in [3.05, 3.63) is 0 Å². The molecule has 5 nitrogen and oxygen atoms in total. The second kappa shape index (κ2) is 8.47. The zero-order chi connectivity index (χ0) is 15.0. The van der Waals surface area contributed by atoms with Gasteiger partial charge in [0.1, 0.15) is 0 Å². The molecule has 0 aromatic rings. The van der Waals surface area contributed by atoms with Crippen molar-refractivity contribution in [2.75, 3.05) is 45.9 Å². The van der Waals surface area contributed by atoms with Crippen molar-refractivity contribution in [2.24, 2.45) is 0 Å². The summed E-state index contributed by atoms with van der Waals surface area (Å²) in [6.07, 6.45) is 2.00. The minimum Gasteiger partial charge on any atom is -0.379 e. The lowest BCUT2D eigenvalue weighted by atomic mass is 10.0. The van der Waals surface area contributed by atoms with E-state index in [2.05, 4.69) is 37.9 Å². The molecule has 2 amide bonds. The molecule has 0 aliphatic carbocycles. The molecule has 0 radical (unpaired) electrons. The smallest absolute Gasteiger partial charge is 0.317 e. The highest BCUT2D eigenvalue weighted by Crippen LogP contribution is 2.15. The van der Waals surface area contributed by atoms with Crippen LogP contribution in [0, 0.1) is 0 Å². The lowest BCUT2D eigenvalue weighted by Gasteiger charge is -2.41. The van der Waals surface area contributed by atoms with Gasteiger partial charge in [0.25, 0.3) is 0 Å². The molecule has 1 aliphatic heterocycles. The molecule has 0 spiro atoms. The van der Waals surface area contributed by atoms with Crippen LogP contribution in [0.15, 0.2) is 0 Å². The van der Waals surface area contributed by atoms with Crippen LogP contribution in [-0.4, -0.2) is 67.3 Å². The minimum atomic E-state index is -0.0243. The molecule has 1 heterocycles. The summed E-state index contributed by atoms with van der Waals surface area (Å²) in [5.41, 5.74) is -0.0243. The largest absolute Gasteiger partial charge is 0.379 e. The third-order valence-electron chi connectivity index (χ3n) is 3.81. The van der Waals surface area contributed by atoms with Gasteiger partial charge in [-0.05, 0) is 26.7 Å². The maximum atomic E-state index is 12.2. The fourth-order valence-electron chi connectivity index (χ4n) is 2.54. The van der Waals surface area contributed by atoms with Gasteiger partial charge in [-0.15, -0.1) is 0 Å². The zero-order valence-electron chi connectivity index (χ0n) is 13.6. The summed E-state index contributed by atoms with van der Waals surface area (Å²) in [6, 6.07) is 0.0648. The highest BCUT2D eigenvalue weighted by molar-refractivity contribution is 5.74. The van der Waals surface area contributed by atoms with Crippen LogP contribution in [0.5, 0.6) is 0 Å². The zero-order valence-corrected chi connectivity index (χ0v) is 13.6. The first-order chi connectivity index (χ1) is 9.51. The van der Waals surface area contributed by atoms with Gasteiger partial charge in [-0.25, -0.2) is 4.79 Å². The van der Waals surface area contributed by atoms with Crippen molar-refractivity contribution in [1.82, 2.24) is 15.1 Å². The van der Waals surface area contributed by atoms with Gasteiger partial charge in [-0.1, -0.05) is 13.8 Å². The molecule has 1 rings (SSSR count). The van der Waals surface area contributed by atoms with E-state index < -0.39 is 0 Å². The van der Waals surface area contributed by atoms with Crippen molar-refractivity contribution in [1.29, 1.82) is 0 Å². The fraction of sp³-hybridized carbons (Fsp3) is 0.933. The van der Waals surface area contributed by atoms with Gasteiger partial charge >= 0.3 is 6.03 Å². The van der Waals surface area contributed by atoms with E-state index in [1.807, 2.05) is 4.90 Å². The van der Waals surface area contributed by atoms with Crippen molar-refractivity contribution < 1.29 is 9.53 Å². The number of rotatable bonds is 7. The number of amides is 2. The van der Waals surface area contributed by atoms with E-state index in [-0.39, 0.29) is 11.6 Å². The second-order valence-corrected chi connectivity index (χ2v) is 6.06. The Balaban J connectivity index is 2.44. The Morgan fingerprint density at radius 3 is 2.25 bits per heavy atom. The van der Waals surface area contributed by atoms with Crippen molar-refractivity contribution in [3.8, 4) is 0 Å². The van der Waals surface area contributed by atoms with E-state index in [0.717, 1.165) is 52.2 Å². The first-order valence-electron chi connectivity index (χ1n) is 7.86. The predicted molar refractivity (Wildman–Crippen MR) is 82.0 cm³/mol. The number of morpholine rings is 1. The van der Waals surface area contributed by atoms with E-state index in [1.165, 1.54) is 0 Å². The van der Waals surface area contributed by atoms with E-state index >= 15 is 0 Å². The summed E-state index contributed by atoms with van der Waals surface area (Å²) in [5, 5.41) is 3.09. The van der Waals surface area contributed by atoms with Crippen LogP contribution in [0.3, 0.4) is 0 Å². The molecular formula is C15H31N3O2. The number of hydrogen-bond acceptors (Lipinski definition) is 3.